The summed E-state index contributed by atoms with van der Waals surface area (Å²) in [5, 5.41) is -1.12. The molecule has 88 valence electrons. The molecule has 0 radical (unpaired) electrons. The molecular weight excluding hydrogens is 226 g/mol. The number of alkyl halides is 3. The van der Waals surface area contributed by atoms with E-state index in [0.29, 0.717) is 26.2 Å². The first-order valence-corrected chi connectivity index (χ1v) is 5.34. The molecule has 1 aliphatic rings. The molecule has 1 saturated heterocycles. The Bertz CT molecular complexity index is 220. The van der Waals surface area contributed by atoms with Crippen LogP contribution >= 0.6 is 11.6 Å². The largest absolute Gasteiger partial charge is 0.340 e. The number of amides is 1. The zero-order valence-corrected chi connectivity index (χ0v) is 9.38. The number of piperazine rings is 1. The molecule has 6 heteroatoms. The molecule has 1 heterocycles. The van der Waals surface area contributed by atoms with Gasteiger partial charge in [0.2, 0.25) is 5.91 Å². The number of rotatable bonds is 3. The van der Waals surface area contributed by atoms with E-state index in [-0.39, 0.29) is 12.5 Å². The van der Waals surface area contributed by atoms with Crippen LogP contribution in [0.5, 0.6) is 0 Å². The average Bonchev–Trinajstić information content (AvgIpc) is 2.18. The molecule has 0 saturated carbocycles. The van der Waals surface area contributed by atoms with Gasteiger partial charge in [-0.1, -0.05) is 0 Å². The minimum absolute atomic E-state index is 0.0333. The van der Waals surface area contributed by atoms with E-state index in [2.05, 4.69) is 0 Å². The van der Waals surface area contributed by atoms with Gasteiger partial charge < -0.3 is 4.90 Å². The molecule has 3 nitrogen and oxygen atoms in total. The van der Waals surface area contributed by atoms with Crippen molar-refractivity contribution in [3.8, 4) is 0 Å². The second kappa shape index (κ2) is 5.61. The van der Waals surface area contributed by atoms with Gasteiger partial charge in [0.25, 0.3) is 6.43 Å². The first-order chi connectivity index (χ1) is 7.00. The van der Waals surface area contributed by atoms with Gasteiger partial charge in [0.05, 0.1) is 0 Å². The molecule has 0 aromatic heterocycles. The van der Waals surface area contributed by atoms with Crippen molar-refractivity contribution in [2.24, 2.45) is 0 Å². The van der Waals surface area contributed by atoms with Crippen LogP contribution in [0.1, 0.15) is 6.92 Å². The van der Waals surface area contributed by atoms with Crippen molar-refractivity contribution in [2.45, 2.75) is 18.7 Å². The molecule has 1 rings (SSSR count). The molecular formula is C9H15ClF2N2O. The van der Waals surface area contributed by atoms with Crippen LogP contribution in [-0.2, 0) is 4.79 Å². The number of carbonyl (C=O) groups is 1. The highest BCUT2D eigenvalue weighted by Crippen LogP contribution is 2.12. The Morgan fingerprint density at radius 2 is 1.87 bits per heavy atom. The van der Waals surface area contributed by atoms with Gasteiger partial charge in [-0.2, -0.15) is 0 Å². The summed E-state index contributed by atoms with van der Waals surface area (Å²) in [6, 6.07) is 0. The molecule has 1 aliphatic heterocycles. The molecule has 1 unspecified atom stereocenters. The van der Waals surface area contributed by atoms with Crippen molar-refractivity contribution in [1.29, 1.82) is 0 Å². The highest BCUT2D eigenvalue weighted by molar-refractivity contribution is 6.21. The smallest absolute Gasteiger partial charge is 0.256 e. The fraction of sp³-hybridized carbons (Fsp3) is 0.889. The summed E-state index contributed by atoms with van der Waals surface area (Å²) in [5.74, 6) is 0.0333. The third-order valence-corrected chi connectivity index (χ3v) is 2.85. The fourth-order valence-electron chi connectivity index (χ4n) is 1.57. The quantitative estimate of drug-likeness (QED) is 0.688. The maximum absolute atomic E-state index is 12.2. The van der Waals surface area contributed by atoms with Crippen LogP contribution in [0.4, 0.5) is 8.78 Å². The number of carbonyl (C=O) groups excluding carboxylic acids is 1. The lowest BCUT2D eigenvalue weighted by molar-refractivity contribution is -0.130. The van der Waals surface area contributed by atoms with Crippen LogP contribution in [0.15, 0.2) is 0 Å². The Morgan fingerprint density at radius 3 is 2.27 bits per heavy atom. The molecule has 15 heavy (non-hydrogen) atoms. The third-order valence-electron chi connectivity index (χ3n) is 2.52. The third kappa shape index (κ3) is 3.91. The van der Waals surface area contributed by atoms with E-state index in [1.165, 1.54) is 6.92 Å². The maximum Gasteiger partial charge on any atom is 0.256 e. The maximum atomic E-state index is 12.2. The first-order valence-electron chi connectivity index (χ1n) is 4.91. The predicted molar refractivity (Wildman–Crippen MR) is 54.3 cm³/mol. The summed E-state index contributed by atoms with van der Waals surface area (Å²) in [4.78, 5) is 14.6. The molecule has 0 bridgehead atoms. The Kier molecular flexibility index (Phi) is 4.73. The predicted octanol–water partition coefficient (Wildman–Crippen LogP) is 1.02. The number of halogens is 3. The summed E-state index contributed by atoms with van der Waals surface area (Å²) < 4.78 is 24.3. The standard InChI is InChI=1S/C9H15ClF2N2O/c1-7(15)14-4-2-13(3-5-14)6-8(10)9(11)12/h8-9H,2-6H2,1H3. The van der Waals surface area contributed by atoms with Crippen molar-refractivity contribution in [2.75, 3.05) is 32.7 Å². The zero-order valence-electron chi connectivity index (χ0n) is 8.63. The van der Waals surface area contributed by atoms with Gasteiger partial charge in [-0.15, -0.1) is 11.6 Å². The molecule has 1 amide bonds. The van der Waals surface area contributed by atoms with Gasteiger partial charge in [0.1, 0.15) is 5.38 Å². The van der Waals surface area contributed by atoms with E-state index in [4.69, 9.17) is 11.6 Å². The van der Waals surface area contributed by atoms with E-state index in [1.54, 1.807) is 4.90 Å². The molecule has 0 aliphatic carbocycles. The Balaban J connectivity index is 2.28. The minimum atomic E-state index is -2.49. The minimum Gasteiger partial charge on any atom is -0.340 e. The van der Waals surface area contributed by atoms with E-state index in [1.807, 2.05) is 4.90 Å². The normalized spacial score (nSPS) is 20.7. The molecule has 1 fully saturated rings. The summed E-state index contributed by atoms with van der Waals surface area (Å²) in [5.41, 5.74) is 0. The summed E-state index contributed by atoms with van der Waals surface area (Å²) in [6.07, 6.45) is -2.49. The average molecular weight is 241 g/mol. The van der Waals surface area contributed by atoms with Gasteiger partial charge in [0.15, 0.2) is 0 Å². The first kappa shape index (κ1) is 12.6. The SMILES string of the molecule is CC(=O)N1CCN(CC(Cl)C(F)F)CC1. The summed E-state index contributed by atoms with van der Waals surface area (Å²) >= 11 is 5.48. The van der Waals surface area contributed by atoms with Crippen LogP contribution in [-0.4, -0.2) is 60.2 Å². The van der Waals surface area contributed by atoms with E-state index in [0.717, 1.165) is 0 Å². The number of hydrogen-bond donors (Lipinski definition) is 0. The summed E-state index contributed by atoms with van der Waals surface area (Å²) in [6.45, 7) is 4.14. The Hall–Kier alpha value is -0.420. The number of nitrogens with zero attached hydrogens (tertiary/aromatic N) is 2. The molecule has 1 atom stereocenters. The van der Waals surface area contributed by atoms with Crippen LogP contribution in [0.2, 0.25) is 0 Å². The number of hydrogen-bond acceptors (Lipinski definition) is 2. The Morgan fingerprint density at radius 1 is 1.33 bits per heavy atom. The molecule has 0 aromatic carbocycles. The molecule has 0 aromatic rings. The topological polar surface area (TPSA) is 23.6 Å². The van der Waals surface area contributed by atoms with Gasteiger partial charge in [-0.3, -0.25) is 9.69 Å². The van der Waals surface area contributed by atoms with Crippen LogP contribution < -0.4 is 0 Å². The van der Waals surface area contributed by atoms with Gasteiger partial charge in [-0.05, 0) is 0 Å². The fourth-order valence-corrected chi connectivity index (χ4v) is 1.77. The second-order valence-corrected chi connectivity index (χ2v) is 4.22. The van der Waals surface area contributed by atoms with E-state index in [9.17, 15) is 13.6 Å². The van der Waals surface area contributed by atoms with Crippen molar-refractivity contribution >= 4 is 17.5 Å². The van der Waals surface area contributed by atoms with E-state index < -0.39 is 11.8 Å². The lowest BCUT2D eigenvalue weighted by Crippen LogP contribution is -2.49. The van der Waals surface area contributed by atoms with E-state index >= 15 is 0 Å². The van der Waals surface area contributed by atoms with Gasteiger partial charge in [-0.25, -0.2) is 8.78 Å². The monoisotopic (exact) mass is 240 g/mol. The summed E-state index contributed by atoms with van der Waals surface area (Å²) in [7, 11) is 0. The van der Waals surface area contributed by atoms with Crippen molar-refractivity contribution in [3.05, 3.63) is 0 Å². The highest BCUT2D eigenvalue weighted by atomic mass is 35.5. The van der Waals surface area contributed by atoms with Crippen LogP contribution in [0, 0.1) is 0 Å². The lowest BCUT2D eigenvalue weighted by Gasteiger charge is -2.34. The molecule has 0 spiro atoms. The van der Waals surface area contributed by atoms with Crippen molar-refractivity contribution < 1.29 is 13.6 Å². The van der Waals surface area contributed by atoms with Crippen LogP contribution in [0.3, 0.4) is 0 Å². The van der Waals surface area contributed by atoms with Crippen LogP contribution in [0.25, 0.3) is 0 Å². The Labute approximate surface area is 93.0 Å². The second-order valence-electron chi connectivity index (χ2n) is 3.66. The van der Waals surface area contributed by atoms with Crippen molar-refractivity contribution in [1.82, 2.24) is 9.80 Å². The zero-order chi connectivity index (χ0) is 11.4. The van der Waals surface area contributed by atoms with Gasteiger partial charge >= 0.3 is 0 Å². The van der Waals surface area contributed by atoms with Crippen molar-refractivity contribution in [3.63, 3.8) is 0 Å². The van der Waals surface area contributed by atoms with Gasteiger partial charge in [0, 0.05) is 39.6 Å². The lowest BCUT2D eigenvalue weighted by atomic mass is 10.3. The highest BCUT2D eigenvalue weighted by Gasteiger charge is 2.24. The molecule has 0 N–H and O–H groups in total.